The van der Waals surface area contributed by atoms with Crippen LogP contribution in [0.5, 0.6) is 0 Å². The quantitative estimate of drug-likeness (QED) is 0.0195. The van der Waals surface area contributed by atoms with Crippen molar-refractivity contribution in [2.24, 2.45) is 0 Å². The molecular formula is C82H155NO10. The summed E-state index contributed by atoms with van der Waals surface area (Å²) >= 11 is 0. The van der Waals surface area contributed by atoms with Crippen LogP contribution in [0.3, 0.4) is 0 Å². The van der Waals surface area contributed by atoms with Gasteiger partial charge in [-0.05, 0) is 83.5 Å². The van der Waals surface area contributed by atoms with E-state index in [4.69, 9.17) is 14.2 Å². The second kappa shape index (κ2) is 71.2. The molecule has 1 rings (SSSR count). The minimum absolute atomic E-state index is 0.0141. The molecule has 7 unspecified atom stereocenters. The highest BCUT2D eigenvalue weighted by Crippen LogP contribution is 2.24. The standard InChI is InChI=1S/C82H155NO10/c1-3-5-7-9-11-13-14-15-16-40-44-47-50-54-58-62-66-70-78(87)91-71-67-63-59-55-51-48-45-42-39-37-35-33-31-29-27-25-23-21-19-17-18-20-22-24-26-28-30-32-34-36-38-41-43-46-49-53-57-61-65-69-77(86)83-74(75(85)68-64-60-56-52-12-10-8-6-4-2)73-92-82-81(90)80(89)79(88)76(72-84)93-82/h15-18,64,68,74-76,79-82,84-85,88-90H,3-14,19-63,65-67,69-73H2,1-2H3,(H,83,86)/b16-15-,18-17-,68-64+. The van der Waals surface area contributed by atoms with Crippen molar-refractivity contribution in [3.8, 4) is 0 Å². The molecule has 0 aromatic carbocycles. The zero-order valence-corrected chi connectivity index (χ0v) is 61.2. The zero-order valence-electron chi connectivity index (χ0n) is 61.2. The Kier molecular flexibility index (Phi) is 68.0. The van der Waals surface area contributed by atoms with Gasteiger partial charge in [0, 0.05) is 12.8 Å². The van der Waals surface area contributed by atoms with Crippen molar-refractivity contribution in [3.63, 3.8) is 0 Å². The van der Waals surface area contributed by atoms with E-state index < -0.39 is 49.5 Å². The Bertz CT molecular complexity index is 1640. The second-order valence-electron chi connectivity index (χ2n) is 28.5. The third-order valence-corrected chi connectivity index (χ3v) is 19.5. The summed E-state index contributed by atoms with van der Waals surface area (Å²) in [7, 11) is 0. The van der Waals surface area contributed by atoms with Crippen molar-refractivity contribution in [1.29, 1.82) is 0 Å². The molecule has 1 heterocycles. The molecule has 0 bridgehead atoms. The highest BCUT2D eigenvalue weighted by Gasteiger charge is 2.44. The van der Waals surface area contributed by atoms with Gasteiger partial charge in [-0.15, -0.1) is 0 Å². The Balaban J connectivity index is 1.84. The lowest BCUT2D eigenvalue weighted by molar-refractivity contribution is -0.302. The average molecular weight is 1320 g/mol. The molecule has 11 nitrogen and oxygen atoms in total. The molecule has 0 aliphatic carbocycles. The van der Waals surface area contributed by atoms with Crippen molar-refractivity contribution in [2.45, 2.75) is 455 Å². The minimum atomic E-state index is -1.57. The van der Waals surface area contributed by atoms with Gasteiger partial charge in [0.15, 0.2) is 6.29 Å². The van der Waals surface area contributed by atoms with Crippen LogP contribution in [0, 0.1) is 0 Å². The molecule has 548 valence electrons. The molecule has 1 fully saturated rings. The molecule has 0 spiro atoms. The number of hydrogen-bond acceptors (Lipinski definition) is 10. The summed E-state index contributed by atoms with van der Waals surface area (Å²) in [5.74, 6) is -0.163. The maximum Gasteiger partial charge on any atom is 0.305 e. The topological polar surface area (TPSA) is 175 Å². The van der Waals surface area contributed by atoms with Gasteiger partial charge < -0.3 is 45.1 Å². The van der Waals surface area contributed by atoms with Crippen molar-refractivity contribution >= 4 is 11.9 Å². The van der Waals surface area contributed by atoms with Gasteiger partial charge in [-0.3, -0.25) is 9.59 Å². The van der Waals surface area contributed by atoms with Crippen LogP contribution in [0.15, 0.2) is 36.5 Å². The number of ether oxygens (including phenoxy) is 3. The number of allylic oxidation sites excluding steroid dienone is 5. The first kappa shape index (κ1) is 88.9. The average Bonchev–Trinajstić information content (AvgIpc) is 0.878. The number of amides is 1. The number of carbonyl (C=O) groups excluding carboxylic acids is 2. The summed E-state index contributed by atoms with van der Waals surface area (Å²) < 4.78 is 16.7. The number of esters is 1. The summed E-state index contributed by atoms with van der Waals surface area (Å²) in [6, 6.07) is -0.805. The summed E-state index contributed by atoms with van der Waals surface area (Å²) in [6.45, 7) is 4.36. The van der Waals surface area contributed by atoms with Gasteiger partial charge in [0.2, 0.25) is 5.91 Å². The van der Waals surface area contributed by atoms with Crippen LogP contribution in [0.1, 0.15) is 412 Å². The fraction of sp³-hybridized carbons (Fsp3) is 0.902. The molecule has 1 aliphatic rings. The van der Waals surface area contributed by atoms with Crippen molar-refractivity contribution in [2.75, 3.05) is 19.8 Å². The molecule has 0 radical (unpaired) electrons. The van der Waals surface area contributed by atoms with Gasteiger partial charge in [0.25, 0.3) is 0 Å². The van der Waals surface area contributed by atoms with E-state index in [0.29, 0.717) is 19.4 Å². The molecule has 11 heteroatoms. The van der Waals surface area contributed by atoms with Gasteiger partial charge >= 0.3 is 5.97 Å². The maximum atomic E-state index is 13.0. The van der Waals surface area contributed by atoms with Gasteiger partial charge in [-0.2, -0.15) is 0 Å². The predicted octanol–water partition coefficient (Wildman–Crippen LogP) is 22.1. The summed E-state index contributed by atoms with van der Waals surface area (Å²) in [5.41, 5.74) is 0. The van der Waals surface area contributed by atoms with E-state index in [1.54, 1.807) is 6.08 Å². The Morgan fingerprint density at radius 3 is 1.03 bits per heavy atom. The van der Waals surface area contributed by atoms with Crippen molar-refractivity contribution in [3.05, 3.63) is 36.5 Å². The molecular weight excluding hydrogens is 1160 g/mol. The van der Waals surface area contributed by atoms with Crippen LogP contribution in [-0.2, 0) is 23.8 Å². The number of unbranched alkanes of at least 4 members (excludes halogenated alkanes) is 55. The Hall–Kier alpha value is -2.12. The van der Waals surface area contributed by atoms with E-state index in [0.717, 1.165) is 57.8 Å². The summed E-state index contributed by atoms with van der Waals surface area (Å²) in [5, 5.41) is 54.4. The van der Waals surface area contributed by atoms with E-state index in [2.05, 4.69) is 43.5 Å². The molecule has 1 aliphatic heterocycles. The largest absolute Gasteiger partial charge is 0.466 e. The molecule has 0 aromatic heterocycles. The minimum Gasteiger partial charge on any atom is -0.466 e. The number of aliphatic hydroxyl groups is 5. The Morgan fingerprint density at radius 2 is 0.688 bits per heavy atom. The Morgan fingerprint density at radius 1 is 0.387 bits per heavy atom. The summed E-state index contributed by atoms with van der Waals surface area (Å²) in [6.07, 6.45) is 83.5. The highest BCUT2D eigenvalue weighted by atomic mass is 16.7. The normalized spacial score (nSPS) is 17.6. The lowest BCUT2D eigenvalue weighted by Crippen LogP contribution is -2.60. The SMILES string of the molecule is CCCCCCCC/C=C\CCCCCCCCCC(=O)OCCCCCCCCCCCCCCCCCCCC/C=C\CCCCCCCCCCCCCCCCCCCC(=O)NC(COC1OC(CO)C(O)C(O)C1O)C(O)/C=C/CCCCCCCCC. The van der Waals surface area contributed by atoms with Gasteiger partial charge in [-0.1, -0.05) is 352 Å². The van der Waals surface area contributed by atoms with E-state index in [1.165, 1.54) is 327 Å². The molecule has 6 N–H and O–H groups in total. The first-order valence-corrected chi connectivity index (χ1v) is 40.8. The van der Waals surface area contributed by atoms with Crippen LogP contribution in [-0.4, -0.2) is 100 Å². The summed E-state index contributed by atoms with van der Waals surface area (Å²) in [4.78, 5) is 25.1. The van der Waals surface area contributed by atoms with Crippen LogP contribution in [0.4, 0.5) is 0 Å². The molecule has 1 amide bonds. The number of rotatable bonds is 73. The number of hydrogen-bond donors (Lipinski definition) is 6. The van der Waals surface area contributed by atoms with E-state index in [9.17, 15) is 35.1 Å². The lowest BCUT2D eigenvalue weighted by Gasteiger charge is -2.40. The van der Waals surface area contributed by atoms with E-state index >= 15 is 0 Å². The van der Waals surface area contributed by atoms with Crippen LogP contribution < -0.4 is 5.32 Å². The predicted molar refractivity (Wildman–Crippen MR) is 394 cm³/mol. The van der Waals surface area contributed by atoms with Crippen molar-refractivity contribution in [1.82, 2.24) is 5.32 Å². The first-order chi connectivity index (χ1) is 45.7. The number of carbonyl (C=O) groups is 2. The third-order valence-electron chi connectivity index (χ3n) is 19.5. The lowest BCUT2D eigenvalue weighted by atomic mass is 9.99. The fourth-order valence-corrected chi connectivity index (χ4v) is 13.1. The van der Waals surface area contributed by atoms with Gasteiger partial charge in [0.05, 0.1) is 32.0 Å². The van der Waals surface area contributed by atoms with Crippen LogP contribution >= 0.6 is 0 Å². The van der Waals surface area contributed by atoms with Crippen LogP contribution in [0.25, 0.3) is 0 Å². The highest BCUT2D eigenvalue weighted by molar-refractivity contribution is 5.76. The molecule has 0 aromatic rings. The third kappa shape index (κ3) is 59.6. The zero-order chi connectivity index (χ0) is 67.2. The monoisotopic (exact) mass is 1310 g/mol. The smallest absolute Gasteiger partial charge is 0.305 e. The van der Waals surface area contributed by atoms with Crippen LogP contribution in [0.2, 0.25) is 0 Å². The fourth-order valence-electron chi connectivity index (χ4n) is 13.1. The molecule has 93 heavy (non-hydrogen) atoms. The number of aliphatic hydroxyl groups excluding tert-OH is 5. The first-order valence-electron chi connectivity index (χ1n) is 40.8. The van der Waals surface area contributed by atoms with E-state index in [1.807, 2.05) is 6.08 Å². The number of nitrogens with one attached hydrogen (secondary N) is 1. The van der Waals surface area contributed by atoms with Crippen molar-refractivity contribution < 1.29 is 49.3 Å². The molecule has 7 atom stereocenters. The maximum absolute atomic E-state index is 13.0. The van der Waals surface area contributed by atoms with Gasteiger partial charge in [0.1, 0.15) is 24.4 Å². The van der Waals surface area contributed by atoms with Gasteiger partial charge in [-0.25, -0.2) is 0 Å². The molecule has 0 saturated carbocycles. The molecule has 1 saturated heterocycles. The second-order valence-corrected chi connectivity index (χ2v) is 28.5. The van der Waals surface area contributed by atoms with E-state index in [-0.39, 0.29) is 18.5 Å². The Labute approximate surface area is 574 Å².